The van der Waals surface area contributed by atoms with Gasteiger partial charge in [-0.25, -0.2) is 4.68 Å². The molecular formula is C20H20N4O3. The van der Waals surface area contributed by atoms with Crippen molar-refractivity contribution in [2.75, 3.05) is 13.2 Å². The maximum Gasteiger partial charge on any atom is 0.267 e. The fraction of sp³-hybridized carbons (Fsp3) is 0.350. The molecule has 0 saturated carbocycles. The van der Waals surface area contributed by atoms with Gasteiger partial charge in [-0.1, -0.05) is 6.07 Å². The van der Waals surface area contributed by atoms with Crippen LogP contribution in [-0.2, 0) is 17.6 Å². The van der Waals surface area contributed by atoms with Crippen molar-refractivity contribution in [2.24, 2.45) is 0 Å². The van der Waals surface area contributed by atoms with Crippen molar-refractivity contribution in [2.45, 2.75) is 31.3 Å². The number of ether oxygens (including phenoxy) is 1. The second-order valence-corrected chi connectivity index (χ2v) is 7.18. The van der Waals surface area contributed by atoms with Crippen LogP contribution in [0.5, 0.6) is 0 Å². The first-order valence-corrected chi connectivity index (χ1v) is 9.27. The largest absolute Gasteiger partial charge is 0.377 e. The highest BCUT2D eigenvalue weighted by Gasteiger charge is 2.33. The number of H-pyrrole nitrogens is 1. The van der Waals surface area contributed by atoms with E-state index in [2.05, 4.69) is 15.4 Å². The first-order valence-electron chi connectivity index (χ1n) is 9.27. The fourth-order valence-corrected chi connectivity index (χ4v) is 4.10. The number of hydrogen-bond acceptors (Lipinski definition) is 4. The predicted molar refractivity (Wildman–Crippen MR) is 99.9 cm³/mol. The van der Waals surface area contributed by atoms with Crippen LogP contribution < -0.4 is 10.9 Å². The van der Waals surface area contributed by atoms with Gasteiger partial charge in [0.1, 0.15) is 6.04 Å². The Balaban J connectivity index is 1.43. The Morgan fingerprint density at radius 3 is 3.11 bits per heavy atom. The number of carbonyl (C=O) groups is 1. The van der Waals surface area contributed by atoms with Crippen LogP contribution in [0.15, 0.2) is 41.3 Å². The van der Waals surface area contributed by atoms with Gasteiger partial charge in [-0.2, -0.15) is 5.10 Å². The minimum atomic E-state index is -0.295. The summed E-state index contributed by atoms with van der Waals surface area (Å²) >= 11 is 0. The molecule has 0 bridgehead atoms. The number of nitrogens with one attached hydrogen (secondary N) is 2. The quantitative estimate of drug-likeness (QED) is 0.739. The van der Waals surface area contributed by atoms with Crippen LogP contribution in [0.2, 0.25) is 0 Å². The summed E-state index contributed by atoms with van der Waals surface area (Å²) in [6, 6.07) is 8.57. The number of aromatic nitrogens is 3. The molecule has 27 heavy (non-hydrogen) atoms. The Morgan fingerprint density at radius 2 is 2.19 bits per heavy atom. The Labute approximate surface area is 155 Å². The van der Waals surface area contributed by atoms with Gasteiger partial charge in [-0.05, 0) is 43.0 Å². The molecule has 138 valence electrons. The lowest BCUT2D eigenvalue weighted by Gasteiger charge is -2.21. The summed E-state index contributed by atoms with van der Waals surface area (Å²) in [5.74, 6) is -0.171. The number of fused-ring (bicyclic) bond motifs is 2. The number of amides is 1. The monoisotopic (exact) mass is 364 g/mol. The summed E-state index contributed by atoms with van der Waals surface area (Å²) in [4.78, 5) is 28.5. The van der Waals surface area contributed by atoms with Crippen LogP contribution in [0, 0.1) is 0 Å². The number of carbonyl (C=O) groups excluding carboxylic acids is 1. The van der Waals surface area contributed by atoms with E-state index >= 15 is 0 Å². The van der Waals surface area contributed by atoms with Crippen molar-refractivity contribution in [1.82, 2.24) is 20.1 Å². The number of nitrogens with zero attached hydrogens (tertiary/aromatic N) is 2. The molecule has 1 fully saturated rings. The smallest absolute Gasteiger partial charge is 0.267 e. The molecule has 3 heterocycles. The van der Waals surface area contributed by atoms with Gasteiger partial charge in [0, 0.05) is 28.7 Å². The second-order valence-electron chi connectivity index (χ2n) is 7.18. The topological polar surface area (TPSA) is 89.0 Å². The molecule has 2 unspecified atom stereocenters. The van der Waals surface area contributed by atoms with Crippen LogP contribution in [0.3, 0.4) is 0 Å². The Morgan fingerprint density at radius 1 is 1.26 bits per heavy atom. The summed E-state index contributed by atoms with van der Waals surface area (Å²) in [6.07, 6.45) is 4.67. The molecule has 2 atom stereocenters. The third-order valence-electron chi connectivity index (χ3n) is 5.50. The van der Waals surface area contributed by atoms with Crippen molar-refractivity contribution in [1.29, 1.82) is 0 Å². The lowest BCUT2D eigenvalue weighted by Crippen LogP contribution is -2.44. The van der Waals surface area contributed by atoms with Crippen molar-refractivity contribution in [3.05, 3.63) is 63.7 Å². The van der Waals surface area contributed by atoms with Crippen molar-refractivity contribution in [3.8, 4) is 0 Å². The van der Waals surface area contributed by atoms with Crippen molar-refractivity contribution in [3.63, 3.8) is 0 Å². The number of rotatable bonds is 3. The molecule has 1 saturated heterocycles. The highest BCUT2D eigenvalue weighted by Crippen LogP contribution is 2.23. The molecule has 1 aliphatic heterocycles. The molecule has 2 aliphatic rings. The summed E-state index contributed by atoms with van der Waals surface area (Å²) < 4.78 is 7.09. The van der Waals surface area contributed by atoms with E-state index in [1.165, 1.54) is 4.68 Å². The Bertz CT molecular complexity index is 1080. The average molecular weight is 364 g/mol. The van der Waals surface area contributed by atoms with E-state index in [0.717, 1.165) is 41.4 Å². The van der Waals surface area contributed by atoms with Crippen molar-refractivity contribution < 1.29 is 9.53 Å². The molecule has 0 radical (unpaired) electrons. The predicted octanol–water partition coefficient (Wildman–Crippen LogP) is 1.58. The van der Waals surface area contributed by atoms with Gasteiger partial charge in [0.2, 0.25) is 0 Å². The molecule has 7 heteroatoms. The van der Waals surface area contributed by atoms with E-state index in [-0.39, 0.29) is 23.6 Å². The average Bonchev–Trinajstić information content (AvgIpc) is 3.40. The third-order valence-corrected chi connectivity index (χ3v) is 5.50. The van der Waals surface area contributed by atoms with Gasteiger partial charge in [-0.15, -0.1) is 0 Å². The highest BCUT2D eigenvalue weighted by molar-refractivity contribution is 6.06. The van der Waals surface area contributed by atoms with Crippen LogP contribution in [0.1, 0.15) is 34.1 Å². The molecule has 0 spiro atoms. The normalized spacial score (nSPS) is 21.5. The molecule has 1 aliphatic carbocycles. The van der Waals surface area contributed by atoms with Gasteiger partial charge in [0.05, 0.1) is 24.9 Å². The first kappa shape index (κ1) is 16.3. The summed E-state index contributed by atoms with van der Waals surface area (Å²) in [6.45, 7) is 0.732. The number of aryl methyl sites for hydroxylation is 2. The Hall–Kier alpha value is -2.93. The number of benzene rings is 1. The molecule has 2 aromatic heterocycles. The summed E-state index contributed by atoms with van der Waals surface area (Å²) in [5.41, 5.74) is 3.43. The van der Waals surface area contributed by atoms with Crippen LogP contribution in [0.4, 0.5) is 0 Å². The molecule has 2 N–H and O–H groups in total. The van der Waals surface area contributed by atoms with E-state index in [0.29, 0.717) is 18.8 Å². The molecular weight excluding hydrogens is 344 g/mol. The standard InChI is InChI=1S/C20H20N4O3/c25-19-9-12-3-1-5-15(12)23-24(19)18-11-27-10-17(18)22-20(26)14-4-2-6-16-13(14)7-8-21-16/h2,4,6-9,17-18,21H,1,3,5,10-11H2,(H,22,26). The molecule has 1 aromatic carbocycles. The van der Waals surface area contributed by atoms with Gasteiger partial charge in [0.25, 0.3) is 11.5 Å². The number of hydrogen-bond donors (Lipinski definition) is 2. The maximum absolute atomic E-state index is 12.9. The minimum Gasteiger partial charge on any atom is -0.377 e. The second kappa shape index (κ2) is 6.35. The zero-order chi connectivity index (χ0) is 18.4. The third kappa shape index (κ3) is 2.75. The van der Waals surface area contributed by atoms with Crippen LogP contribution in [-0.4, -0.2) is 39.9 Å². The fourth-order valence-electron chi connectivity index (χ4n) is 4.10. The Kier molecular flexibility index (Phi) is 3.82. The van der Waals surface area contributed by atoms with E-state index in [4.69, 9.17) is 4.74 Å². The summed E-state index contributed by atoms with van der Waals surface area (Å²) in [7, 11) is 0. The zero-order valence-electron chi connectivity index (χ0n) is 14.8. The SMILES string of the molecule is O=C(NC1COCC1n1nc2c(cc1=O)CCC2)c1cccc2[nH]ccc12. The van der Waals surface area contributed by atoms with Gasteiger partial charge < -0.3 is 15.0 Å². The van der Waals surface area contributed by atoms with E-state index in [1.807, 2.05) is 24.4 Å². The van der Waals surface area contributed by atoms with E-state index in [9.17, 15) is 9.59 Å². The first-order chi connectivity index (χ1) is 13.2. The molecule has 7 nitrogen and oxygen atoms in total. The summed E-state index contributed by atoms with van der Waals surface area (Å²) in [5, 5.41) is 8.49. The number of aromatic amines is 1. The lowest BCUT2D eigenvalue weighted by atomic mass is 10.1. The molecule has 3 aromatic rings. The minimum absolute atomic E-state index is 0.127. The van der Waals surface area contributed by atoms with Gasteiger partial charge in [-0.3, -0.25) is 9.59 Å². The zero-order valence-corrected chi connectivity index (χ0v) is 14.8. The van der Waals surface area contributed by atoms with Crippen molar-refractivity contribution >= 4 is 16.8 Å². The highest BCUT2D eigenvalue weighted by atomic mass is 16.5. The molecule has 1 amide bonds. The molecule has 5 rings (SSSR count). The van der Waals surface area contributed by atoms with Crippen LogP contribution in [0.25, 0.3) is 10.9 Å². The maximum atomic E-state index is 12.9. The van der Waals surface area contributed by atoms with Crippen LogP contribution >= 0.6 is 0 Å². The van der Waals surface area contributed by atoms with E-state index < -0.39 is 0 Å². The van der Waals surface area contributed by atoms with Gasteiger partial charge in [0.15, 0.2) is 0 Å². The van der Waals surface area contributed by atoms with Gasteiger partial charge >= 0.3 is 0 Å². The van der Waals surface area contributed by atoms with E-state index in [1.54, 1.807) is 12.1 Å². The lowest BCUT2D eigenvalue weighted by molar-refractivity contribution is 0.0926.